The summed E-state index contributed by atoms with van der Waals surface area (Å²) in [6, 6.07) is 6.12. The number of halogens is 1. The Kier molecular flexibility index (Phi) is 6.01. The highest BCUT2D eigenvalue weighted by atomic mass is 35.5. The van der Waals surface area contributed by atoms with Crippen molar-refractivity contribution in [2.75, 3.05) is 12.4 Å². The Balaban J connectivity index is 2.77. The summed E-state index contributed by atoms with van der Waals surface area (Å²) in [6.45, 7) is -0.639. The van der Waals surface area contributed by atoms with Crippen molar-refractivity contribution in [2.45, 2.75) is 11.3 Å². The van der Waals surface area contributed by atoms with Crippen LogP contribution < -0.4 is 4.72 Å². The Hall–Kier alpha value is -1.37. The number of allylic oxidation sites excluding steroid dienone is 1. The Morgan fingerprint density at radius 3 is 2.47 bits per heavy atom. The second kappa shape index (κ2) is 7.28. The van der Waals surface area contributed by atoms with Crippen molar-refractivity contribution in [3.63, 3.8) is 0 Å². The maximum atomic E-state index is 11.7. The van der Waals surface area contributed by atoms with Crippen molar-refractivity contribution in [1.82, 2.24) is 4.72 Å². The number of hydrogen-bond donors (Lipinski definition) is 2. The monoisotopic (exact) mass is 303 g/mol. The van der Waals surface area contributed by atoms with Crippen LogP contribution in [0.2, 0.25) is 0 Å². The molecular formula is C12H14ClNO4S. The fourth-order valence-corrected chi connectivity index (χ4v) is 2.38. The van der Waals surface area contributed by atoms with Crippen LogP contribution in [0.5, 0.6) is 0 Å². The standard InChI is InChI=1S/C12H14ClNO4S/c13-8-2-1-3-10-4-6-11(7-5-10)19(17,18)14-9-12(15)16/h1,3-7,14H,2,8-9H2,(H,15,16). The van der Waals surface area contributed by atoms with E-state index < -0.39 is 22.5 Å². The van der Waals surface area contributed by atoms with E-state index in [2.05, 4.69) is 0 Å². The van der Waals surface area contributed by atoms with Gasteiger partial charge in [0.2, 0.25) is 10.0 Å². The van der Waals surface area contributed by atoms with Crippen LogP contribution in [0.15, 0.2) is 35.2 Å². The summed E-state index contributed by atoms with van der Waals surface area (Å²) in [5, 5.41) is 8.44. The molecule has 0 aromatic heterocycles. The van der Waals surface area contributed by atoms with E-state index in [1.807, 2.05) is 16.9 Å². The molecule has 5 nitrogen and oxygen atoms in total. The van der Waals surface area contributed by atoms with E-state index >= 15 is 0 Å². The Morgan fingerprint density at radius 2 is 1.95 bits per heavy atom. The van der Waals surface area contributed by atoms with E-state index in [0.29, 0.717) is 5.88 Å². The first-order chi connectivity index (χ1) is 8.95. The van der Waals surface area contributed by atoms with E-state index in [9.17, 15) is 13.2 Å². The van der Waals surface area contributed by atoms with Crippen molar-refractivity contribution in [1.29, 1.82) is 0 Å². The lowest BCUT2D eigenvalue weighted by Crippen LogP contribution is -2.29. The van der Waals surface area contributed by atoms with Gasteiger partial charge in [-0.3, -0.25) is 4.79 Å². The first kappa shape index (κ1) is 15.7. The van der Waals surface area contributed by atoms with Crippen molar-refractivity contribution >= 4 is 33.7 Å². The number of rotatable bonds is 7. The molecule has 1 aromatic rings. The average molecular weight is 304 g/mol. The van der Waals surface area contributed by atoms with Gasteiger partial charge in [-0.05, 0) is 24.1 Å². The normalized spacial score (nSPS) is 11.8. The molecule has 1 aromatic carbocycles. The number of carboxylic acid groups (broad SMARTS) is 1. The molecule has 0 spiro atoms. The Labute approximate surface area is 117 Å². The molecule has 0 fully saturated rings. The van der Waals surface area contributed by atoms with E-state index in [1.54, 1.807) is 12.1 Å². The molecule has 0 aliphatic carbocycles. The van der Waals surface area contributed by atoms with Gasteiger partial charge in [-0.25, -0.2) is 8.42 Å². The number of carbonyl (C=O) groups is 1. The van der Waals surface area contributed by atoms with Crippen molar-refractivity contribution in [3.05, 3.63) is 35.9 Å². The zero-order valence-electron chi connectivity index (χ0n) is 10.0. The number of nitrogens with one attached hydrogen (secondary N) is 1. The highest BCUT2D eigenvalue weighted by Gasteiger charge is 2.14. The summed E-state index contributed by atoms with van der Waals surface area (Å²) >= 11 is 5.53. The topological polar surface area (TPSA) is 83.5 Å². The minimum atomic E-state index is -3.77. The van der Waals surface area contributed by atoms with Crippen LogP contribution in [0, 0.1) is 0 Å². The van der Waals surface area contributed by atoms with Gasteiger partial charge in [0.15, 0.2) is 0 Å². The summed E-state index contributed by atoms with van der Waals surface area (Å²) in [5.74, 6) is -0.702. The zero-order chi connectivity index (χ0) is 14.3. The third-order valence-electron chi connectivity index (χ3n) is 2.19. The highest BCUT2D eigenvalue weighted by molar-refractivity contribution is 7.89. The molecule has 0 aliphatic heterocycles. The number of hydrogen-bond acceptors (Lipinski definition) is 3. The molecule has 0 bridgehead atoms. The highest BCUT2D eigenvalue weighted by Crippen LogP contribution is 2.11. The van der Waals surface area contributed by atoms with Crippen LogP contribution in [0.1, 0.15) is 12.0 Å². The lowest BCUT2D eigenvalue weighted by molar-refractivity contribution is -0.135. The van der Waals surface area contributed by atoms with Gasteiger partial charge in [0.25, 0.3) is 0 Å². The molecule has 0 saturated heterocycles. The molecule has 0 atom stereocenters. The average Bonchev–Trinajstić information content (AvgIpc) is 2.37. The van der Waals surface area contributed by atoms with E-state index in [-0.39, 0.29) is 4.90 Å². The van der Waals surface area contributed by atoms with Gasteiger partial charge in [-0.2, -0.15) is 4.72 Å². The number of benzene rings is 1. The molecule has 104 valence electrons. The van der Waals surface area contributed by atoms with Gasteiger partial charge < -0.3 is 5.11 Å². The van der Waals surface area contributed by atoms with Gasteiger partial charge >= 0.3 is 5.97 Å². The van der Waals surface area contributed by atoms with E-state index in [1.165, 1.54) is 12.1 Å². The zero-order valence-corrected chi connectivity index (χ0v) is 11.6. The number of aliphatic carboxylic acids is 1. The number of alkyl halides is 1. The summed E-state index contributed by atoms with van der Waals surface area (Å²) in [4.78, 5) is 10.4. The SMILES string of the molecule is O=C(O)CNS(=O)(=O)c1ccc(C=CCCCl)cc1. The lowest BCUT2D eigenvalue weighted by atomic mass is 10.2. The predicted octanol–water partition coefficient (Wildman–Crippen LogP) is 1.69. The summed E-state index contributed by atoms with van der Waals surface area (Å²) in [5.41, 5.74) is 0.849. The third kappa shape index (κ3) is 5.42. The Morgan fingerprint density at radius 1 is 1.32 bits per heavy atom. The van der Waals surface area contributed by atoms with Gasteiger partial charge in [-0.15, -0.1) is 11.6 Å². The second-order valence-corrected chi connectivity index (χ2v) is 5.81. The maximum Gasteiger partial charge on any atom is 0.318 e. The second-order valence-electron chi connectivity index (χ2n) is 3.67. The van der Waals surface area contributed by atoms with Crippen LogP contribution in [-0.2, 0) is 14.8 Å². The number of carboxylic acids is 1. The summed E-state index contributed by atoms with van der Waals surface area (Å²) < 4.78 is 25.4. The van der Waals surface area contributed by atoms with Crippen LogP contribution in [0.4, 0.5) is 0 Å². The smallest absolute Gasteiger partial charge is 0.318 e. The van der Waals surface area contributed by atoms with Crippen LogP contribution in [0.3, 0.4) is 0 Å². The summed E-state index contributed by atoms with van der Waals surface area (Å²) in [7, 11) is -3.77. The Bertz CT molecular complexity index is 552. The fraction of sp³-hybridized carbons (Fsp3) is 0.250. The molecular weight excluding hydrogens is 290 g/mol. The molecule has 0 unspecified atom stereocenters. The quantitative estimate of drug-likeness (QED) is 0.751. The van der Waals surface area contributed by atoms with Gasteiger partial charge in [0.05, 0.1) is 4.90 Å². The van der Waals surface area contributed by atoms with Crippen LogP contribution in [0.25, 0.3) is 6.08 Å². The molecule has 0 heterocycles. The van der Waals surface area contributed by atoms with Gasteiger partial charge in [0.1, 0.15) is 6.54 Å². The first-order valence-corrected chi connectivity index (χ1v) is 7.51. The molecule has 2 N–H and O–H groups in total. The van der Waals surface area contributed by atoms with Crippen molar-refractivity contribution < 1.29 is 18.3 Å². The van der Waals surface area contributed by atoms with Crippen LogP contribution in [-0.4, -0.2) is 31.9 Å². The van der Waals surface area contributed by atoms with E-state index in [0.717, 1.165) is 12.0 Å². The van der Waals surface area contributed by atoms with Gasteiger partial charge in [0, 0.05) is 5.88 Å². The lowest BCUT2D eigenvalue weighted by Gasteiger charge is -2.04. The summed E-state index contributed by atoms with van der Waals surface area (Å²) in [6.07, 6.45) is 4.46. The van der Waals surface area contributed by atoms with Crippen molar-refractivity contribution in [2.24, 2.45) is 0 Å². The fourth-order valence-electron chi connectivity index (χ4n) is 1.28. The largest absolute Gasteiger partial charge is 0.480 e. The van der Waals surface area contributed by atoms with Crippen LogP contribution >= 0.6 is 11.6 Å². The molecule has 0 aliphatic rings. The minimum Gasteiger partial charge on any atom is -0.480 e. The first-order valence-electron chi connectivity index (χ1n) is 5.50. The van der Waals surface area contributed by atoms with Crippen molar-refractivity contribution in [3.8, 4) is 0 Å². The molecule has 0 saturated carbocycles. The molecule has 7 heteroatoms. The maximum absolute atomic E-state index is 11.7. The molecule has 1 rings (SSSR count). The molecule has 19 heavy (non-hydrogen) atoms. The third-order valence-corrected chi connectivity index (χ3v) is 3.83. The predicted molar refractivity (Wildman–Crippen MR) is 73.6 cm³/mol. The van der Waals surface area contributed by atoms with Gasteiger partial charge in [-0.1, -0.05) is 24.3 Å². The molecule has 0 radical (unpaired) electrons. The minimum absolute atomic E-state index is 0.0308. The van der Waals surface area contributed by atoms with E-state index in [4.69, 9.17) is 16.7 Å². The number of sulfonamides is 1. The molecule has 0 amide bonds.